The molecule has 0 spiro atoms. The van der Waals surface area contributed by atoms with Gasteiger partial charge in [0.2, 0.25) is 0 Å². The first-order chi connectivity index (χ1) is 10.2. The van der Waals surface area contributed by atoms with Crippen LogP contribution < -0.4 is 0 Å². The summed E-state index contributed by atoms with van der Waals surface area (Å²) in [7, 11) is 0. The van der Waals surface area contributed by atoms with Gasteiger partial charge in [0.25, 0.3) is 0 Å². The highest BCUT2D eigenvalue weighted by atomic mass is 16.4. The van der Waals surface area contributed by atoms with Crippen LogP contribution in [0.25, 0.3) is 11.0 Å². The van der Waals surface area contributed by atoms with Crippen LogP contribution in [0.15, 0.2) is 18.2 Å². The monoisotopic (exact) mass is 286 g/mol. The number of aromatic nitrogens is 2. The molecule has 0 aliphatic heterocycles. The van der Waals surface area contributed by atoms with Crippen LogP contribution in [0.4, 0.5) is 0 Å². The van der Waals surface area contributed by atoms with Crippen LogP contribution in [0.5, 0.6) is 0 Å². The maximum absolute atomic E-state index is 11.5. The number of imidazole rings is 1. The lowest BCUT2D eigenvalue weighted by molar-refractivity contribution is 0.0698. The van der Waals surface area contributed by atoms with Gasteiger partial charge in [-0.15, -0.1) is 0 Å². The smallest absolute Gasteiger partial charge is 0.337 e. The van der Waals surface area contributed by atoms with Crippen molar-refractivity contribution < 1.29 is 9.90 Å². The quantitative estimate of drug-likeness (QED) is 0.840. The number of aryl methyl sites for hydroxylation is 2. The van der Waals surface area contributed by atoms with E-state index >= 15 is 0 Å². The van der Waals surface area contributed by atoms with Crippen LogP contribution in [0, 0.1) is 5.92 Å². The molecule has 1 N–H and O–H groups in total. The fourth-order valence-electron chi connectivity index (χ4n) is 3.01. The zero-order chi connectivity index (χ0) is 14.8. The van der Waals surface area contributed by atoms with Crippen molar-refractivity contribution in [1.29, 1.82) is 0 Å². The molecule has 0 saturated heterocycles. The molecule has 0 radical (unpaired) electrons. The summed E-state index contributed by atoms with van der Waals surface area (Å²) >= 11 is 0. The molecule has 0 amide bonds. The molecular weight excluding hydrogens is 264 g/mol. The summed E-state index contributed by atoms with van der Waals surface area (Å²) in [5, 5.41) is 9.43. The largest absolute Gasteiger partial charge is 0.478 e. The highest BCUT2D eigenvalue weighted by Crippen LogP contribution is 2.34. The molecule has 112 valence electrons. The van der Waals surface area contributed by atoms with Crippen molar-refractivity contribution in [2.75, 3.05) is 0 Å². The highest BCUT2D eigenvalue weighted by Gasteiger charge is 2.21. The summed E-state index contributed by atoms with van der Waals surface area (Å²) in [5.41, 5.74) is 1.97. The molecule has 0 bridgehead atoms. The number of hydrogen-bond donors (Lipinski definition) is 1. The molecule has 1 aromatic carbocycles. The van der Waals surface area contributed by atoms with Crippen molar-refractivity contribution in [3.05, 3.63) is 29.6 Å². The minimum absolute atomic E-state index is 0.369. The van der Waals surface area contributed by atoms with Gasteiger partial charge in [-0.2, -0.15) is 0 Å². The molecule has 4 nitrogen and oxygen atoms in total. The van der Waals surface area contributed by atoms with Crippen molar-refractivity contribution in [3.63, 3.8) is 0 Å². The number of carboxylic acids is 1. The normalized spacial score (nSPS) is 14.7. The predicted molar refractivity (Wildman–Crippen MR) is 82.6 cm³/mol. The van der Waals surface area contributed by atoms with Crippen LogP contribution in [-0.4, -0.2) is 20.6 Å². The first-order valence-corrected chi connectivity index (χ1v) is 7.92. The summed E-state index contributed by atoms with van der Waals surface area (Å²) in [6.45, 7) is 3.01. The van der Waals surface area contributed by atoms with E-state index in [9.17, 15) is 9.90 Å². The maximum Gasteiger partial charge on any atom is 0.337 e. The maximum atomic E-state index is 11.5. The van der Waals surface area contributed by atoms with E-state index < -0.39 is 5.97 Å². The number of carbonyl (C=O) groups is 1. The molecule has 21 heavy (non-hydrogen) atoms. The SMILES string of the molecule is CCCc1nc2cccc(C(=O)O)c2n1CCCC1CC1. The fraction of sp³-hybridized carbons (Fsp3) is 0.529. The van der Waals surface area contributed by atoms with Crippen LogP contribution in [0.2, 0.25) is 0 Å². The predicted octanol–water partition coefficient (Wildman–Crippen LogP) is 3.88. The topological polar surface area (TPSA) is 55.1 Å². The van der Waals surface area contributed by atoms with E-state index in [0.29, 0.717) is 5.56 Å². The average Bonchev–Trinajstić information content (AvgIpc) is 3.21. The van der Waals surface area contributed by atoms with Crippen molar-refractivity contribution >= 4 is 17.0 Å². The van der Waals surface area contributed by atoms with E-state index in [4.69, 9.17) is 0 Å². The minimum Gasteiger partial charge on any atom is -0.478 e. The number of benzene rings is 1. The van der Waals surface area contributed by atoms with Gasteiger partial charge in [-0.1, -0.05) is 25.8 Å². The van der Waals surface area contributed by atoms with Crippen molar-refractivity contribution in [3.8, 4) is 0 Å². The third kappa shape index (κ3) is 2.94. The van der Waals surface area contributed by atoms with Gasteiger partial charge in [-0.3, -0.25) is 0 Å². The fourth-order valence-corrected chi connectivity index (χ4v) is 3.01. The molecule has 3 rings (SSSR count). The summed E-state index contributed by atoms with van der Waals surface area (Å²) in [6.07, 6.45) is 7.02. The van der Waals surface area contributed by atoms with Crippen molar-refractivity contribution in [2.45, 2.75) is 52.0 Å². The van der Waals surface area contributed by atoms with Crippen LogP contribution in [-0.2, 0) is 13.0 Å². The van der Waals surface area contributed by atoms with Crippen LogP contribution in [0.3, 0.4) is 0 Å². The molecule has 1 fully saturated rings. The Morgan fingerprint density at radius 1 is 1.43 bits per heavy atom. The number of rotatable bonds is 7. The van der Waals surface area contributed by atoms with Gasteiger partial charge < -0.3 is 9.67 Å². The van der Waals surface area contributed by atoms with Gasteiger partial charge in [0.05, 0.1) is 16.6 Å². The number of aromatic carboxylic acids is 1. The second-order valence-electron chi connectivity index (χ2n) is 5.99. The van der Waals surface area contributed by atoms with Crippen LogP contribution >= 0.6 is 0 Å². The van der Waals surface area contributed by atoms with E-state index in [1.165, 1.54) is 19.3 Å². The molecule has 1 aromatic heterocycles. The Morgan fingerprint density at radius 2 is 2.24 bits per heavy atom. The molecule has 1 saturated carbocycles. The van der Waals surface area contributed by atoms with Gasteiger partial charge in [0.1, 0.15) is 5.82 Å². The number of nitrogens with zero attached hydrogens (tertiary/aromatic N) is 2. The van der Waals surface area contributed by atoms with Gasteiger partial charge in [-0.25, -0.2) is 9.78 Å². The molecule has 0 atom stereocenters. The summed E-state index contributed by atoms with van der Waals surface area (Å²) in [6, 6.07) is 5.38. The van der Waals surface area contributed by atoms with Crippen molar-refractivity contribution in [2.24, 2.45) is 5.92 Å². The van der Waals surface area contributed by atoms with E-state index in [1.807, 2.05) is 6.07 Å². The van der Waals surface area contributed by atoms with Gasteiger partial charge in [0, 0.05) is 13.0 Å². The standard InChI is InChI=1S/C17H22N2O2/c1-2-5-15-18-14-8-3-7-13(17(20)21)16(14)19(15)11-4-6-12-9-10-12/h3,7-8,12H,2,4-6,9-11H2,1H3,(H,20,21). The minimum atomic E-state index is -0.869. The molecule has 2 aromatic rings. The second kappa shape index (κ2) is 5.88. The Hall–Kier alpha value is -1.84. The van der Waals surface area contributed by atoms with E-state index in [2.05, 4.69) is 16.5 Å². The molecule has 1 aliphatic carbocycles. The summed E-state index contributed by atoms with van der Waals surface area (Å²) in [5.74, 6) is 1.07. The molecule has 1 heterocycles. The Morgan fingerprint density at radius 3 is 2.90 bits per heavy atom. The Labute approximate surface area is 124 Å². The lowest BCUT2D eigenvalue weighted by atomic mass is 10.1. The third-order valence-electron chi connectivity index (χ3n) is 4.24. The zero-order valence-electron chi connectivity index (χ0n) is 12.5. The molecule has 4 heteroatoms. The van der Waals surface area contributed by atoms with E-state index in [1.54, 1.807) is 12.1 Å². The molecule has 0 unspecified atom stereocenters. The summed E-state index contributed by atoms with van der Waals surface area (Å²) < 4.78 is 2.14. The summed E-state index contributed by atoms with van der Waals surface area (Å²) in [4.78, 5) is 16.1. The Bertz CT molecular complexity index is 656. The van der Waals surface area contributed by atoms with Gasteiger partial charge in [-0.05, 0) is 37.3 Å². The van der Waals surface area contributed by atoms with Gasteiger partial charge >= 0.3 is 5.97 Å². The number of carboxylic acid groups (broad SMARTS) is 1. The number of fused-ring (bicyclic) bond motifs is 1. The number of para-hydroxylation sites is 1. The lowest BCUT2D eigenvalue weighted by Crippen LogP contribution is -2.07. The Balaban J connectivity index is 1.98. The molecule has 1 aliphatic rings. The lowest BCUT2D eigenvalue weighted by Gasteiger charge is -2.10. The second-order valence-corrected chi connectivity index (χ2v) is 5.99. The third-order valence-corrected chi connectivity index (χ3v) is 4.24. The zero-order valence-corrected chi connectivity index (χ0v) is 12.5. The highest BCUT2D eigenvalue weighted by molar-refractivity contribution is 6.01. The first-order valence-electron chi connectivity index (χ1n) is 7.92. The molecular formula is C17H22N2O2. The van der Waals surface area contributed by atoms with Crippen LogP contribution in [0.1, 0.15) is 55.2 Å². The van der Waals surface area contributed by atoms with E-state index in [-0.39, 0.29) is 0 Å². The first kappa shape index (κ1) is 14.1. The van der Waals surface area contributed by atoms with Crippen molar-refractivity contribution in [1.82, 2.24) is 9.55 Å². The Kier molecular flexibility index (Phi) is 3.95. The van der Waals surface area contributed by atoms with Gasteiger partial charge in [0.15, 0.2) is 0 Å². The van der Waals surface area contributed by atoms with E-state index in [0.717, 1.165) is 48.6 Å². The number of hydrogen-bond acceptors (Lipinski definition) is 2. The average molecular weight is 286 g/mol.